The second-order valence-electron chi connectivity index (χ2n) is 6.87. The van der Waals surface area contributed by atoms with E-state index in [0.29, 0.717) is 23.9 Å². The highest BCUT2D eigenvalue weighted by Gasteiger charge is 2.44. The smallest absolute Gasteiger partial charge is 0.287 e. The van der Waals surface area contributed by atoms with Crippen LogP contribution in [-0.2, 0) is 11.2 Å². The Morgan fingerprint density at radius 3 is 3.04 bits per heavy atom. The van der Waals surface area contributed by atoms with Gasteiger partial charge in [0.05, 0.1) is 12.6 Å². The van der Waals surface area contributed by atoms with Crippen LogP contribution < -0.4 is 21.0 Å². The number of guanidine groups is 1. The molecule has 0 bridgehead atoms. The molecule has 3 aliphatic rings. The van der Waals surface area contributed by atoms with Crippen LogP contribution in [0, 0.1) is 6.92 Å². The number of nitrogens with one attached hydrogen (secondary N) is 2. The van der Waals surface area contributed by atoms with Crippen molar-refractivity contribution >= 4 is 46.7 Å². The van der Waals surface area contributed by atoms with Crippen molar-refractivity contribution in [1.29, 1.82) is 0 Å². The van der Waals surface area contributed by atoms with Crippen molar-refractivity contribution in [3.8, 4) is 0 Å². The molecule has 8 nitrogen and oxygen atoms in total. The van der Waals surface area contributed by atoms with Gasteiger partial charge in [-0.05, 0) is 41.9 Å². The van der Waals surface area contributed by atoms with Crippen molar-refractivity contribution in [1.82, 2.24) is 4.59 Å². The molecule has 0 aliphatic carbocycles. The quantitative estimate of drug-likeness (QED) is 0.558. The Morgan fingerprint density at radius 2 is 2.14 bits per heavy atom. The Morgan fingerprint density at radius 1 is 1.25 bits per heavy atom. The zero-order valence-electron chi connectivity index (χ0n) is 15.2. The molecule has 0 fully saturated rings. The lowest BCUT2D eigenvalue weighted by Gasteiger charge is -2.25. The van der Waals surface area contributed by atoms with Gasteiger partial charge in [0.2, 0.25) is 5.91 Å². The van der Waals surface area contributed by atoms with Crippen LogP contribution in [0.1, 0.15) is 11.1 Å². The molecule has 8 heteroatoms. The van der Waals surface area contributed by atoms with Crippen LogP contribution in [0.5, 0.6) is 0 Å². The Bertz CT molecular complexity index is 1150. The summed E-state index contributed by atoms with van der Waals surface area (Å²) in [5.74, 6) is 1.15. The van der Waals surface area contributed by atoms with E-state index in [4.69, 9.17) is 10.8 Å². The highest BCUT2D eigenvalue weighted by atomic mass is 16.1. The molecule has 2 aromatic rings. The monoisotopic (exact) mass is 372 g/mol. The SMILES string of the molecule is Cc1c(N)cccc1[N+]12C=CN=CC1=NC(Nc1ccc3c(c1)CC(=O)N3)=N2. The maximum atomic E-state index is 11.6. The van der Waals surface area contributed by atoms with Gasteiger partial charge in [0.1, 0.15) is 6.21 Å². The number of rotatable bonds is 2. The van der Waals surface area contributed by atoms with Gasteiger partial charge in [0.15, 0.2) is 11.9 Å². The molecule has 0 aromatic heterocycles. The average molecular weight is 372 g/mol. The summed E-state index contributed by atoms with van der Waals surface area (Å²) in [6.45, 7) is 1.97. The molecule has 0 saturated carbocycles. The largest absolute Gasteiger partial charge is 0.398 e. The Kier molecular flexibility index (Phi) is 3.43. The highest BCUT2D eigenvalue weighted by molar-refractivity contribution is 6.38. The van der Waals surface area contributed by atoms with E-state index in [2.05, 4.69) is 20.6 Å². The summed E-state index contributed by atoms with van der Waals surface area (Å²) in [6.07, 6.45) is 5.66. The molecular weight excluding hydrogens is 354 g/mol. The zero-order valence-corrected chi connectivity index (χ0v) is 15.2. The van der Waals surface area contributed by atoms with E-state index >= 15 is 0 Å². The van der Waals surface area contributed by atoms with Gasteiger partial charge >= 0.3 is 0 Å². The van der Waals surface area contributed by atoms with Crippen molar-refractivity contribution in [2.45, 2.75) is 13.3 Å². The molecule has 2 aromatic carbocycles. The second kappa shape index (κ2) is 5.86. The third-order valence-electron chi connectivity index (χ3n) is 5.08. The number of nitrogens with zero attached hydrogens (tertiary/aromatic N) is 4. The minimum absolute atomic E-state index is 0.00531. The van der Waals surface area contributed by atoms with E-state index in [1.54, 1.807) is 12.4 Å². The first kappa shape index (κ1) is 16.4. The summed E-state index contributed by atoms with van der Waals surface area (Å²) in [5.41, 5.74) is 11.3. The van der Waals surface area contributed by atoms with E-state index < -0.39 is 0 Å². The Balaban J connectivity index is 1.54. The average Bonchev–Trinajstić information content (AvgIpc) is 3.23. The molecule has 0 spiro atoms. The Hall–Kier alpha value is -3.78. The molecule has 1 amide bonds. The number of carbonyl (C=O) groups is 1. The standard InChI is InChI=1S/C20H17N7O/c1-12-15(21)3-2-4-17(12)27-8-7-22-11-18(27)25-20(26-27)23-14-5-6-16-13(9-14)10-19(28)24-16/h2-9,11H,10,21H2,1H3,(H-,22,23,24,25,26,28)/p+1. The van der Waals surface area contributed by atoms with Crippen molar-refractivity contribution in [3.63, 3.8) is 0 Å². The molecule has 138 valence electrons. The van der Waals surface area contributed by atoms with E-state index in [1.807, 2.05) is 49.5 Å². The lowest BCUT2D eigenvalue weighted by molar-refractivity contribution is -0.115. The maximum absolute atomic E-state index is 11.6. The van der Waals surface area contributed by atoms with Crippen LogP contribution in [0.3, 0.4) is 0 Å². The number of benzene rings is 2. The van der Waals surface area contributed by atoms with E-state index in [9.17, 15) is 4.79 Å². The van der Waals surface area contributed by atoms with Crippen LogP contribution in [0.2, 0.25) is 0 Å². The van der Waals surface area contributed by atoms with Gasteiger partial charge in [-0.15, -0.1) is 0 Å². The summed E-state index contributed by atoms with van der Waals surface area (Å²) < 4.78 is 0.0771. The van der Waals surface area contributed by atoms with Gasteiger partial charge in [-0.1, -0.05) is 10.7 Å². The fourth-order valence-electron chi connectivity index (χ4n) is 3.64. The fourth-order valence-corrected chi connectivity index (χ4v) is 3.64. The zero-order chi connectivity index (χ0) is 19.3. The predicted molar refractivity (Wildman–Crippen MR) is 112 cm³/mol. The summed E-state index contributed by atoms with van der Waals surface area (Å²) in [5, 5.41) is 10.9. The molecule has 3 heterocycles. The van der Waals surface area contributed by atoms with Crippen molar-refractivity contribution < 1.29 is 4.79 Å². The van der Waals surface area contributed by atoms with Gasteiger partial charge in [0.25, 0.3) is 11.8 Å². The number of quaternary nitrogens is 1. The molecule has 5 rings (SSSR count). The van der Waals surface area contributed by atoms with Crippen LogP contribution >= 0.6 is 0 Å². The predicted octanol–water partition coefficient (Wildman–Crippen LogP) is 2.73. The summed E-state index contributed by atoms with van der Waals surface area (Å²) >= 11 is 0. The van der Waals surface area contributed by atoms with Crippen molar-refractivity contribution in [2.24, 2.45) is 15.1 Å². The number of aliphatic imine (C=N–C) groups is 2. The molecule has 4 N–H and O–H groups in total. The minimum Gasteiger partial charge on any atom is -0.398 e. The van der Waals surface area contributed by atoms with E-state index in [-0.39, 0.29) is 10.5 Å². The molecule has 0 radical (unpaired) electrons. The lowest BCUT2D eigenvalue weighted by Crippen LogP contribution is -2.44. The Labute approximate surface area is 161 Å². The summed E-state index contributed by atoms with van der Waals surface area (Å²) in [4.78, 5) is 20.4. The first-order chi connectivity index (χ1) is 13.5. The molecule has 0 saturated heterocycles. The molecule has 1 atom stereocenters. The van der Waals surface area contributed by atoms with Crippen LogP contribution in [-0.4, -0.2) is 23.9 Å². The second-order valence-corrected chi connectivity index (χ2v) is 6.87. The third kappa shape index (κ3) is 2.43. The first-order valence-corrected chi connectivity index (χ1v) is 8.90. The number of nitrogens with two attached hydrogens (primary N) is 1. The topological polar surface area (TPSA) is 104 Å². The summed E-state index contributed by atoms with van der Waals surface area (Å²) in [7, 11) is 0. The minimum atomic E-state index is 0.00531. The first-order valence-electron chi connectivity index (χ1n) is 8.90. The highest BCUT2D eigenvalue weighted by Crippen LogP contribution is 2.36. The van der Waals surface area contributed by atoms with Crippen LogP contribution in [0.25, 0.3) is 0 Å². The number of hydrogen-bond donors (Lipinski definition) is 3. The number of hydrogen-bond acceptors (Lipinski definition) is 6. The summed E-state index contributed by atoms with van der Waals surface area (Å²) in [6, 6.07) is 11.5. The number of fused-ring (bicyclic) bond motifs is 2. The number of amidine groups is 1. The number of carbonyl (C=O) groups excluding carboxylic acids is 1. The van der Waals surface area contributed by atoms with Gasteiger partial charge in [0, 0.05) is 28.7 Å². The maximum Gasteiger partial charge on any atom is 0.287 e. The number of nitrogen functional groups attached to an aromatic ring is 1. The third-order valence-corrected chi connectivity index (χ3v) is 5.08. The van der Waals surface area contributed by atoms with Crippen LogP contribution in [0.15, 0.2) is 63.9 Å². The normalized spacial score (nSPS) is 21.7. The van der Waals surface area contributed by atoms with Gasteiger partial charge in [-0.2, -0.15) is 4.99 Å². The van der Waals surface area contributed by atoms with E-state index in [0.717, 1.165) is 28.2 Å². The van der Waals surface area contributed by atoms with Crippen molar-refractivity contribution in [2.75, 3.05) is 16.4 Å². The van der Waals surface area contributed by atoms with Crippen molar-refractivity contribution in [3.05, 3.63) is 59.9 Å². The lowest BCUT2D eigenvalue weighted by atomic mass is 10.1. The molecule has 1 unspecified atom stereocenters. The van der Waals surface area contributed by atoms with Gasteiger partial charge in [-0.3, -0.25) is 9.79 Å². The molecule has 3 aliphatic heterocycles. The van der Waals surface area contributed by atoms with Crippen LogP contribution in [0.4, 0.5) is 22.7 Å². The fraction of sp³-hybridized carbons (Fsp3) is 0.100. The van der Waals surface area contributed by atoms with Gasteiger partial charge < -0.3 is 16.4 Å². The number of anilines is 3. The molecule has 28 heavy (non-hydrogen) atoms. The number of amides is 1. The molecular formula is C20H18N7O+. The van der Waals surface area contributed by atoms with Gasteiger partial charge in [-0.25, -0.2) is 0 Å². The van der Waals surface area contributed by atoms with E-state index in [1.165, 1.54) is 0 Å².